The van der Waals surface area contributed by atoms with Crippen LogP contribution in [0.2, 0.25) is 0 Å². The molecule has 0 aromatic heterocycles. The lowest BCUT2D eigenvalue weighted by Gasteiger charge is -2.20. The van der Waals surface area contributed by atoms with Gasteiger partial charge in [0.2, 0.25) is 5.91 Å². The lowest BCUT2D eigenvalue weighted by atomic mass is 9.87. The van der Waals surface area contributed by atoms with Crippen LogP contribution < -0.4 is 5.32 Å². The van der Waals surface area contributed by atoms with Crippen molar-refractivity contribution in [1.29, 1.82) is 0 Å². The van der Waals surface area contributed by atoms with Gasteiger partial charge in [0, 0.05) is 5.69 Å². The Balaban J connectivity index is 2.16. The van der Waals surface area contributed by atoms with E-state index in [1.165, 1.54) is 12.1 Å². The van der Waals surface area contributed by atoms with E-state index in [1.54, 1.807) is 12.1 Å². The molecule has 22 heavy (non-hydrogen) atoms. The summed E-state index contributed by atoms with van der Waals surface area (Å²) in [7, 11) is 0. The molecule has 0 spiro atoms. The molecule has 0 aliphatic rings. The normalized spacial score (nSPS) is 12.0. The molecule has 0 aliphatic heterocycles. The van der Waals surface area contributed by atoms with Gasteiger partial charge in [-0.05, 0) is 35.7 Å². The summed E-state index contributed by atoms with van der Waals surface area (Å²) in [5, 5.41) is 11.7. The van der Waals surface area contributed by atoms with E-state index in [9.17, 15) is 9.59 Å². The molecule has 4 heteroatoms. The van der Waals surface area contributed by atoms with Gasteiger partial charge in [0.25, 0.3) is 0 Å². The molecule has 0 radical (unpaired) electrons. The first-order chi connectivity index (χ1) is 10.5. The van der Waals surface area contributed by atoms with Crippen LogP contribution in [-0.2, 0) is 4.79 Å². The Morgan fingerprint density at radius 1 is 0.955 bits per heavy atom. The predicted octanol–water partition coefficient (Wildman–Crippen LogP) is 3.76. The number of amides is 1. The SMILES string of the molecule is CC(C)C(C(=O)Nc1ccc(C(=O)O)cc1)c1ccccc1. The van der Waals surface area contributed by atoms with Gasteiger partial charge in [-0.3, -0.25) is 4.79 Å². The van der Waals surface area contributed by atoms with Gasteiger partial charge >= 0.3 is 5.97 Å². The van der Waals surface area contributed by atoms with Gasteiger partial charge in [0.1, 0.15) is 0 Å². The van der Waals surface area contributed by atoms with Crippen molar-refractivity contribution in [1.82, 2.24) is 0 Å². The maximum absolute atomic E-state index is 12.5. The third kappa shape index (κ3) is 3.73. The third-order valence-corrected chi connectivity index (χ3v) is 3.51. The van der Waals surface area contributed by atoms with Gasteiger partial charge < -0.3 is 10.4 Å². The summed E-state index contributed by atoms with van der Waals surface area (Å²) < 4.78 is 0. The van der Waals surface area contributed by atoms with Gasteiger partial charge in [0.05, 0.1) is 11.5 Å². The van der Waals surface area contributed by atoms with Gasteiger partial charge in [0.15, 0.2) is 0 Å². The van der Waals surface area contributed by atoms with Crippen LogP contribution >= 0.6 is 0 Å². The Kier molecular flexibility index (Phi) is 4.94. The van der Waals surface area contributed by atoms with Crippen LogP contribution in [0.15, 0.2) is 54.6 Å². The Morgan fingerprint density at radius 2 is 1.55 bits per heavy atom. The second kappa shape index (κ2) is 6.89. The molecule has 1 unspecified atom stereocenters. The molecular weight excluding hydrogens is 278 g/mol. The fourth-order valence-electron chi connectivity index (χ4n) is 2.42. The molecule has 0 saturated carbocycles. The number of hydrogen-bond donors (Lipinski definition) is 2. The van der Waals surface area contributed by atoms with E-state index in [2.05, 4.69) is 5.32 Å². The minimum atomic E-state index is -0.984. The van der Waals surface area contributed by atoms with Crippen molar-refractivity contribution in [2.45, 2.75) is 19.8 Å². The van der Waals surface area contributed by atoms with Crippen LogP contribution in [0.1, 0.15) is 35.7 Å². The van der Waals surface area contributed by atoms with E-state index in [0.29, 0.717) is 5.69 Å². The van der Waals surface area contributed by atoms with E-state index >= 15 is 0 Å². The molecule has 2 aromatic rings. The van der Waals surface area contributed by atoms with E-state index in [0.717, 1.165) is 5.56 Å². The molecule has 1 amide bonds. The number of nitrogens with one attached hydrogen (secondary N) is 1. The van der Waals surface area contributed by atoms with Crippen molar-refractivity contribution >= 4 is 17.6 Å². The number of anilines is 1. The average Bonchev–Trinajstić information content (AvgIpc) is 2.48. The molecule has 0 fully saturated rings. The lowest BCUT2D eigenvalue weighted by molar-refractivity contribution is -0.118. The summed E-state index contributed by atoms with van der Waals surface area (Å²) >= 11 is 0. The van der Waals surface area contributed by atoms with Gasteiger partial charge in [-0.25, -0.2) is 4.79 Å². The van der Waals surface area contributed by atoms with Crippen LogP contribution in [0, 0.1) is 5.92 Å². The number of carboxylic acids is 1. The van der Waals surface area contributed by atoms with Crippen LogP contribution in [0.25, 0.3) is 0 Å². The smallest absolute Gasteiger partial charge is 0.335 e. The number of hydrogen-bond acceptors (Lipinski definition) is 2. The highest BCUT2D eigenvalue weighted by Gasteiger charge is 2.24. The zero-order valence-electron chi connectivity index (χ0n) is 12.6. The second-order valence-electron chi connectivity index (χ2n) is 5.50. The molecule has 0 bridgehead atoms. The highest BCUT2D eigenvalue weighted by molar-refractivity contribution is 5.96. The molecule has 0 saturated heterocycles. The number of benzene rings is 2. The zero-order valence-corrected chi connectivity index (χ0v) is 12.6. The minimum Gasteiger partial charge on any atom is -0.478 e. The van der Waals surface area contributed by atoms with E-state index in [-0.39, 0.29) is 23.3 Å². The van der Waals surface area contributed by atoms with E-state index in [1.807, 2.05) is 44.2 Å². The molecule has 2 rings (SSSR count). The largest absolute Gasteiger partial charge is 0.478 e. The molecule has 2 N–H and O–H groups in total. The fraction of sp³-hybridized carbons (Fsp3) is 0.222. The maximum atomic E-state index is 12.5. The number of aromatic carboxylic acids is 1. The molecule has 1 atom stereocenters. The van der Waals surface area contributed by atoms with Gasteiger partial charge in [-0.1, -0.05) is 44.2 Å². The Labute approximate surface area is 129 Å². The van der Waals surface area contributed by atoms with Gasteiger partial charge in [-0.15, -0.1) is 0 Å². The molecule has 114 valence electrons. The van der Waals surface area contributed by atoms with Crippen LogP contribution in [0.3, 0.4) is 0 Å². The number of carbonyl (C=O) groups is 2. The predicted molar refractivity (Wildman–Crippen MR) is 86.1 cm³/mol. The van der Waals surface area contributed by atoms with Crippen molar-refractivity contribution in [2.24, 2.45) is 5.92 Å². The lowest BCUT2D eigenvalue weighted by Crippen LogP contribution is -2.25. The molecular formula is C18H19NO3. The van der Waals surface area contributed by atoms with Crippen molar-refractivity contribution in [2.75, 3.05) is 5.32 Å². The van der Waals surface area contributed by atoms with Crippen molar-refractivity contribution < 1.29 is 14.7 Å². The molecule has 0 aliphatic carbocycles. The first-order valence-electron chi connectivity index (χ1n) is 7.18. The van der Waals surface area contributed by atoms with Crippen molar-refractivity contribution in [3.63, 3.8) is 0 Å². The fourth-order valence-corrected chi connectivity index (χ4v) is 2.42. The zero-order chi connectivity index (χ0) is 16.1. The van der Waals surface area contributed by atoms with Crippen LogP contribution in [0.5, 0.6) is 0 Å². The standard InChI is InChI=1S/C18H19NO3/c1-12(2)16(13-6-4-3-5-7-13)17(20)19-15-10-8-14(9-11-15)18(21)22/h3-12,16H,1-2H3,(H,19,20)(H,21,22). The summed E-state index contributed by atoms with van der Waals surface area (Å²) in [6.07, 6.45) is 0. The highest BCUT2D eigenvalue weighted by Crippen LogP contribution is 2.26. The summed E-state index contributed by atoms with van der Waals surface area (Å²) in [5.41, 5.74) is 1.76. The van der Waals surface area contributed by atoms with Gasteiger partial charge in [-0.2, -0.15) is 0 Å². The third-order valence-electron chi connectivity index (χ3n) is 3.51. The quantitative estimate of drug-likeness (QED) is 0.883. The second-order valence-corrected chi connectivity index (χ2v) is 5.50. The Morgan fingerprint density at radius 3 is 2.05 bits per heavy atom. The maximum Gasteiger partial charge on any atom is 0.335 e. The monoisotopic (exact) mass is 297 g/mol. The Hall–Kier alpha value is -2.62. The van der Waals surface area contributed by atoms with E-state index < -0.39 is 5.97 Å². The molecule has 4 nitrogen and oxygen atoms in total. The first kappa shape index (κ1) is 15.8. The summed E-state index contributed by atoms with van der Waals surface area (Å²) in [5.74, 6) is -1.17. The number of carbonyl (C=O) groups excluding carboxylic acids is 1. The highest BCUT2D eigenvalue weighted by atomic mass is 16.4. The summed E-state index contributed by atoms with van der Waals surface area (Å²) in [4.78, 5) is 23.4. The van der Waals surface area contributed by atoms with Crippen molar-refractivity contribution in [3.05, 3.63) is 65.7 Å². The summed E-state index contributed by atoms with van der Waals surface area (Å²) in [6, 6.07) is 15.8. The first-order valence-corrected chi connectivity index (χ1v) is 7.18. The van der Waals surface area contributed by atoms with Crippen LogP contribution in [0.4, 0.5) is 5.69 Å². The van der Waals surface area contributed by atoms with Crippen LogP contribution in [-0.4, -0.2) is 17.0 Å². The van der Waals surface area contributed by atoms with E-state index in [4.69, 9.17) is 5.11 Å². The summed E-state index contributed by atoms with van der Waals surface area (Å²) in [6.45, 7) is 4.01. The topological polar surface area (TPSA) is 66.4 Å². The molecule has 0 heterocycles. The number of carboxylic acid groups (broad SMARTS) is 1. The Bertz CT molecular complexity index is 648. The van der Waals surface area contributed by atoms with Crippen molar-refractivity contribution in [3.8, 4) is 0 Å². The number of rotatable bonds is 5. The average molecular weight is 297 g/mol. The molecule has 2 aromatic carbocycles. The minimum absolute atomic E-state index is 0.0933.